The highest BCUT2D eigenvalue weighted by Crippen LogP contribution is 2.28. The van der Waals surface area contributed by atoms with Crippen LogP contribution in [0.2, 0.25) is 0 Å². The number of rotatable bonds is 5. The summed E-state index contributed by atoms with van der Waals surface area (Å²) in [5, 5.41) is 0. The minimum atomic E-state index is -0.372. The molecule has 0 amide bonds. The lowest BCUT2D eigenvalue weighted by molar-refractivity contribution is -0.149. The van der Waals surface area contributed by atoms with E-state index in [0.29, 0.717) is 23.8 Å². The standard InChI is InChI=1S/C13H18O4S2/c1-3-17-13(18)19-8-11(14)9-6-4-5-7-10(9)12(15)16-2/h4-5,9-10H,3,6-8H2,1-2H3. The van der Waals surface area contributed by atoms with Gasteiger partial charge in [0.1, 0.15) is 5.78 Å². The average Bonchev–Trinajstić information content (AvgIpc) is 2.44. The van der Waals surface area contributed by atoms with E-state index in [1.54, 1.807) is 0 Å². The van der Waals surface area contributed by atoms with Gasteiger partial charge in [-0.2, -0.15) is 0 Å². The summed E-state index contributed by atoms with van der Waals surface area (Å²) in [6.07, 6.45) is 5.00. The molecule has 0 fully saturated rings. The number of carbonyl (C=O) groups is 2. The number of thiocarbonyl (C=S) groups is 1. The Bertz CT molecular complexity index is 379. The van der Waals surface area contributed by atoms with Crippen LogP contribution < -0.4 is 0 Å². The van der Waals surface area contributed by atoms with E-state index in [-0.39, 0.29) is 29.3 Å². The Hall–Kier alpha value is -0.880. The van der Waals surface area contributed by atoms with Gasteiger partial charge in [-0.3, -0.25) is 9.59 Å². The van der Waals surface area contributed by atoms with E-state index in [1.165, 1.54) is 18.9 Å². The highest BCUT2D eigenvalue weighted by atomic mass is 32.2. The van der Waals surface area contributed by atoms with Crippen LogP contribution in [0, 0.1) is 11.8 Å². The molecule has 0 aromatic rings. The van der Waals surface area contributed by atoms with Crippen molar-refractivity contribution in [2.24, 2.45) is 11.8 Å². The number of allylic oxidation sites excluding steroid dienone is 2. The van der Waals surface area contributed by atoms with Crippen molar-refractivity contribution < 1.29 is 19.1 Å². The summed E-state index contributed by atoms with van der Waals surface area (Å²) < 4.78 is 10.2. The summed E-state index contributed by atoms with van der Waals surface area (Å²) in [5.74, 6) is -0.741. The van der Waals surface area contributed by atoms with E-state index in [1.807, 2.05) is 19.1 Å². The van der Waals surface area contributed by atoms with E-state index >= 15 is 0 Å². The molecule has 6 heteroatoms. The topological polar surface area (TPSA) is 52.6 Å². The summed E-state index contributed by atoms with van der Waals surface area (Å²) in [6, 6.07) is 0. The third-order valence-electron chi connectivity index (χ3n) is 2.94. The summed E-state index contributed by atoms with van der Waals surface area (Å²) in [4.78, 5) is 23.8. The molecule has 0 aromatic carbocycles. The first-order valence-corrected chi connectivity index (χ1v) is 7.54. The molecular weight excluding hydrogens is 284 g/mol. The van der Waals surface area contributed by atoms with E-state index < -0.39 is 0 Å². The Labute approximate surface area is 122 Å². The highest BCUT2D eigenvalue weighted by Gasteiger charge is 2.34. The van der Waals surface area contributed by atoms with Crippen molar-refractivity contribution >= 4 is 40.1 Å². The van der Waals surface area contributed by atoms with E-state index in [0.717, 1.165) is 0 Å². The van der Waals surface area contributed by atoms with Gasteiger partial charge in [0, 0.05) is 5.92 Å². The van der Waals surface area contributed by atoms with Crippen molar-refractivity contribution in [1.29, 1.82) is 0 Å². The van der Waals surface area contributed by atoms with E-state index in [2.05, 4.69) is 0 Å². The minimum absolute atomic E-state index is 0.0202. The fourth-order valence-corrected chi connectivity index (χ4v) is 2.95. The van der Waals surface area contributed by atoms with Crippen molar-refractivity contribution in [1.82, 2.24) is 0 Å². The molecule has 4 nitrogen and oxygen atoms in total. The molecule has 0 saturated carbocycles. The second kappa shape index (κ2) is 8.32. The molecule has 106 valence electrons. The van der Waals surface area contributed by atoms with Gasteiger partial charge in [0.15, 0.2) is 0 Å². The third-order valence-corrected chi connectivity index (χ3v) is 4.20. The molecule has 0 aliphatic heterocycles. The molecule has 0 spiro atoms. The number of carbonyl (C=O) groups excluding carboxylic acids is 2. The monoisotopic (exact) mass is 302 g/mol. The first-order valence-electron chi connectivity index (χ1n) is 6.15. The van der Waals surface area contributed by atoms with Gasteiger partial charge >= 0.3 is 5.97 Å². The van der Waals surface area contributed by atoms with Crippen LogP contribution in [0.1, 0.15) is 19.8 Å². The number of Topliss-reactive ketones (excluding diaryl/α,β-unsaturated/α-hetero) is 1. The summed E-state index contributed by atoms with van der Waals surface area (Å²) >= 11 is 6.17. The zero-order chi connectivity index (χ0) is 14.3. The van der Waals surface area contributed by atoms with E-state index in [9.17, 15) is 9.59 Å². The fourth-order valence-electron chi connectivity index (χ4n) is 1.98. The second-order valence-electron chi connectivity index (χ2n) is 4.12. The van der Waals surface area contributed by atoms with Crippen LogP contribution in [-0.2, 0) is 19.1 Å². The Morgan fingerprint density at radius 3 is 2.53 bits per heavy atom. The largest absolute Gasteiger partial charge is 0.479 e. The number of hydrogen-bond donors (Lipinski definition) is 0. The van der Waals surface area contributed by atoms with Crippen LogP contribution in [0.25, 0.3) is 0 Å². The maximum Gasteiger partial charge on any atom is 0.309 e. The first-order chi connectivity index (χ1) is 9.10. The zero-order valence-electron chi connectivity index (χ0n) is 11.1. The van der Waals surface area contributed by atoms with Gasteiger partial charge in [0.05, 0.1) is 25.4 Å². The van der Waals surface area contributed by atoms with Gasteiger partial charge in [-0.25, -0.2) is 0 Å². The zero-order valence-corrected chi connectivity index (χ0v) is 12.7. The third kappa shape index (κ3) is 4.95. The predicted molar refractivity (Wildman–Crippen MR) is 79.1 cm³/mol. The maximum absolute atomic E-state index is 12.2. The Kier molecular flexibility index (Phi) is 7.09. The van der Waals surface area contributed by atoms with Crippen LogP contribution in [0.3, 0.4) is 0 Å². The lowest BCUT2D eigenvalue weighted by Gasteiger charge is -2.25. The summed E-state index contributed by atoms with van der Waals surface area (Å²) in [7, 11) is 1.35. The van der Waals surface area contributed by atoms with Crippen molar-refractivity contribution in [2.75, 3.05) is 19.5 Å². The number of ketones is 1. The normalized spacial score (nSPS) is 21.8. The smallest absolute Gasteiger partial charge is 0.309 e. The Morgan fingerprint density at radius 1 is 1.32 bits per heavy atom. The van der Waals surface area contributed by atoms with Crippen molar-refractivity contribution in [3.8, 4) is 0 Å². The molecule has 0 saturated heterocycles. The molecule has 0 heterocycles. The van der Waals surface area contributed by atoms with Gasteiger partial charge in [0.25, 0.3) is 0 Å². The molecule has 0 bridgehead atoms. The van der Waals surface area contributed by atoms with Crippen LogP contribution >= 0.6 is 24.0 Å². The lowest BCUT2D eigenvalue weighted by Crippen LogP contribution is -2.33. The number of esters is 1. The molecule has 1 rings (SSSR count). The van der Waals surface area contributed by atoms with E-state index in [4.69, 9.17) is 21.7 Å². The Balaban J connectivity index is 2.56. The molecule has 0 N–H and O–H groups in total. The van der Waals surface area contributed by atoms with Crippen LogP contribution in [0.5, 0.6) is 0 Å². The molecule has 2 atom stereocenters. The van der Waals surface area contributed by atoms with Crippen LogP contribution in [-0.4, -0.2) is 35.6 Å². The second-order valence-corrected chi connectivity index (χ2v) is 5.69. The van der Waals surface area contributed by atoms with Gasteiger partial charge in [-0.15, -0.1) is 0 Å². The molecule has 0 radical (unpaired) electrons. The van der Waals surface area contributed by atoms with Crippen molar-refractivity contribution in [3.05, 3.63) is 12.2 Å². The molecule has 1 aliphatic rings. The Morgan fingerprint density at radius 2 is 1.95 bits per heavy atom. The SMILES string of the molecule is CCOC(=S)SCC(=O)C1CC=CCC1C(=O)OC. The summed E-state index contributed by atoms with van der Waals surface area (Å²) in [6.45, 7) is 2.34. The van der Waals surface area contributed by atoms with Crippen molar-refractivity contribution in [2.45, 2.75) is 19.8 Å². The first kappa shape index (κ1) is 16.2. The van der Waals surface area contributed by atoms with Gasteiger partial charge in [-0.05, 0) is 32.0 Å². The fraction of sp³-hybridized carbons (Fsp3) is 0.615. The number of hydrogen-bond acceptors (Lipinski definition) is 6. The molecule has 19 heavy (non-hydrogen) atoms. The van der Waals surface area contributed by atoms with Gasteiger partial charge < -0.3 is 9.47 Å². The highest BCUT2D eigenvalue weighted by molar-refractivity contribution is 8.23. The van der Waals surface area contributed by atoms with Crippen LogP contribution in [0.4, 0.5) is 0 Å². The minimum Gasteiger partial charge on any atom is -0.479 e. The van der Waals surface area contributed by atoms with Gasteiger partial charge in [-0.1, -0.05) is 23.9 Å². The molecule has 0 aromatic heterocycles. The van der Waals surface area contributed by atoms with Gasteiger partial charge in [0.2, 0.25) is 4.38 Å². The summed E-state index contributed by atoms with van der Waals surface area (Å²) in [5.41, 5.74) is 0. The molecule has 2 unspecified atom stereocenters. The molecule has 1 aliphatic carbocycles. The quantitative estimate of drug-likeness (QED) is 0.441. The number of methoxy groups -OCH3 is 1. The maximum atomic E-state index is 12.2. The van der Waals surface area contributed by atoms with Crippen LogP contribution in [0.15, 0.2) is 12.2 Å². The predicted octanol–water partition coefficient (Wildman–Crippen LogP) is 2.37. The lowest BCUT2D eigenvalue weighted by atomic mass is 9.81. The van der Waals surface area contributed by atoms with Crippen molar-refractivity contribution in [3.63, 3.8) is 0 Å². The molecular formula is C13H18O4S2. The average molecular weight is 302 g/mol. The number of thioether (sulfide) groups is 1. The number of ether oxygens (including phenoxy) is 2.